The number of halogens is 1. The molecule has 0 aliphatic carbocycles. The standard InChI is InChI=1S/C15H17FO5/c1-3-20-13(17)9-12(15(19)21-4-2)14(18)10-5-7-11(16)8-6-10/h5-8,12H,3-4,9H2,1-2H3. The molecule has 1 aromatic carbocycles. The smallest absolute Gasteiger partial charge is 0.317 e. The van der Waals surface area contributed by atoms with Crippen molar-refractivity contribution in [3.05, 3.63) is 35.6 Å². The van der Waals surface area contributed by atoms with Crippen LogP contribution in [0.1, 0.15) is 30.6 Å². The first-order chi connectivity index (χ1) is 9.99. The van der Waals surface area contributed by atoms with Gasteiger partial charge in [0.05, 0.1) is 19.6 Å². The van der Waals surface area contributed by atoms with E-state index in [-0.39, 0.29) is 18.8 Å². The zero-order valence-corrected chi connectivity index (χ0v) is 11.9. The molecule has 1 aromatic rings. The van der Waals surface area contributed by atoms with Crippen molar-refractivity contribution in [1.29, 1.82) is 0 Å². The summed E-state index contributed by atoms with van der Waals surface area (Å²) >= 11 is 0. The number of hydrogen-bond acceptors (Lipinski definition) is 5. The van der Waals surface area contributed by atoms with Crippen molar-refractivity contribution in [3.63, 3.8) is 0 Å². The summed E-state index contributed by atoms with van der Waals surface area (Å²) in [6.07, 6.45) is -0.400. The Morgan fingerprint density at radius 1 is 1.05 bits per heavy atom. The van der Waals surface area contributed by atoms with Crippen LogP contribution < -0.4 is 0 Å². The van der Waals surface area contributed by atoms with Crippen molar-refractivity contribution >= 4 is 17.7 Å². The molecule has 0 heterocycles. The van der Waals surface area contributed by atoms with Crippen LogP contribution in [0.5, 0.6) is 0 Å². The lowest BCUT2D eigenvalue weighted by Crippen LogP contribution is -2.29. The fourth-order valence-electron chi connectivity index (χ4n) is 1.73. The second-order valence-electron chi connectivity index (χ2n) is 4.18. The average Bonchev–Trinajstić information content (AvgIpc) is 2.45. The maximum absolute atomic E-state index is 12.9. The van der Waals surface area contributed by atoms with Gasteiger partial charge in [-0.3, -0.25) is 14.4 Å². The largest absolute Gasteiger partial charge is 0.466 e. The summed E-state index contributed by atoms with van der Waals surface area (Å²) in [5.41, 5.74) is 0.138. The molecule has 6 heteroatoms. The molecular weight excluding hydrogens is 279 g/mol. The predicted octanol–water partition coefficient (Wildman–Crippen LogP) is 2.14. The van der Waals surface area contributed by atoms with E-state index in [1.807, 2.05) is 0 Å². The number of carbonyl (C=O) groups excluding carboxylic acids is 3. The highest BCUT2D eigenvalue weighted by atomic mass is 19.1. The van der Waals surface area contributed by atoms with Crippen LogP contribution in [0.3, 0.4) is 0 Å². The Balaban J connectivity index is 2.93. The third-order valence-electron chi connectivity index (χ3n) is 2.69. The van der Waals surface area contributed by atoms with Crippen LogP contribution in [0.2, 0.25) is 0 Å². The van der Waals surface area contributed by atoms with Gasteiger partial charge in [0.1, 0.15) is 11.7 Å². The van der Waals surface area contributed by atoms with Gasteiger partial charge in [0.2, 0.25) is 0 Å². The lowest BCUT2D eigenvalue weighted by atomic mass is 9.94. The summed E-state index contributed by atoms with van der Waals surface area (Å²) in [5, 5.41) is 0. The van der Waals surface area contributed by atoms with E-state index in [4.69, 9.17) is 9.47 Å². The van der Waals surface area contributed by atoms with Gasteiger partial charge in [0, 0.05) is 5.56 Å². The van der Waals surface area contributed by atoms with E-state index < -0.39 is 35.9 Å². The Bertz CT molecular complexity index is 509. The van der Waals surface area contributed by atoms with Gasteiger partial charge in [0.25, 0.3) is 0 Å². The molecule has 0 aliphatic heterocycles. The molecule has 0 saturated carbocycles. The maximum Gasteiger partial charge on any atom is 0.317 e. The first-order valence-corrected chi connectivity index (χ1v) is 6.61. The third-order valence-corrected chi connectivity index (χ3v) is 2.69. The highest BCUT2D eigenvalue weighted by Crippen LogP contribution is 2.16. The van der Waals surface area contributed by atoms with Gasteiger partial charge in [-0.1, -0.05) is 0 Å². The Morgan fingerprint density at radius 2 is 1.62 bits per heavy atom. The number of benzene rings is 1. The minimum Gasteiger partial charge on any atom is -0.466 e. The van der Waals surface area contributed by atoms with Crippen LogP contribution in [0.15, 0.2) is 24.3 Å². The van der Waals surface area contributed by atoms with Crippen LogP contribution in [-0.4, -0.2) is 30.9 Å². The van der Waals surface area contributed by atoms with Gasteiger partial charge in [-0.15, -0.1) is 0 Å². The van der Waals surface area contributed by atoms with Crippen LogP contribution in [0.4, 0.5) is 4.39 Å². The molecule has 0 amide bonds. The summed E-state index contributed by atoms with van der Waals surface area (Å²) in [6.45, 7) is 3.47. The molecule has 0 aliphatic rings. The molecular formula is C15H17FO5. The fraction of sp³-hybridized carbons (Fsp3) is 0.400. The van der Waals surface area contributed by atoms with E-state index in [1.165, 1.54) is 12.1 Å². The lowest BCUT2D eigenvalue weighted by molar-refractivity contribution is -0.152. The zero-order valence-electron chi connectivity index (χ0n) is 11.9. The number of ether oxygens (including phenoxy) is 2. The second kappa shape index (κ2) is 8.14. The molecule has 0 saturated heterocycles. The minimum absolute atomic E-state index is 0.0921. The average molecular weight is 296 g/mol. The third kappa shape index (κ3) is 4.98. The van der Waals surface area contributed by atoms with Crippen molar-refractivity contribution in [2.24, 2.45) is 5.92 Å². The normalized spacial score (nSPS) is 11.6. The number of hydrogen-bond donors (Lipinski definition) is 0. The second-order valence-corrected chi connectivity index (χ2v) is 4.18. The van der Waals surface area contributed by atoms with E-state index in [0.717, 1.165) is 12.1 Å². The van der Waals surface area contributed by atoms with E-state index in [1.54, 1.807) is 13.8 Å². The number of rotatable bonds is 7. The van der Waals surface area contributed by atoms with Crippen molar-refractivity contribution in [1.82, 2.24) is 0 Å². The van der Waals surface area contributed by atoms with Crippen LogP contribution in [0.25, 0.3) is 0 Å². The van der Waals surface area contributed by atoms with Crippen molar-refractivity contribution in [2.45, 2.75) is 20.3 Å². The van der Waals surface area contributed by atoms with E-state index in [2.05, 4.69) is 0 Å². The minimum atomic E-state index is -1.28. The molecule has 21 heavy (non-hydrogen) atoms. The molecule has 0 aromatic heterocycles. The summed E-state index contributed by atoms with van der Waals surface area (Å²) < 4.78 is 22.4. The SMILES string of the molecule is CCOC(=O)CC(C(=O)OCC)C(=O)c1ccc(F)cc1. The quantitative estimate of drug-likeness (QED) is 0.438. The van der Waals surface area contributed by atoms with E-state index in [0.29, 0.717) is 0 Å². The van der Waals surface area contributed by atoms with Gasteiger partial charge < -0.3 is 9.47 Å². The first kappa shape index (κ1) is 16.8. The Hall–Kier alpha value is -2.24. The number of esters is 2. The van der Waals surface area contributed by atoms with Crippen molar-refractivity contribution in [2.75, 3.05) is 13.2 Å². The van der Waals surface area contributed by atoms with Gasteiger partial charge in [-0.05, 0) is 38.1 Å². The van der Waals surface area contributed by atoms with Crippen LogP contribution in [-0.2, 0) is 19.1 Å². The molecule has 5 nitrogen and oxygen atoms in total. The molecule has 0 N–H and O–H groups in total. The number of carbonyl (C=O) groups is 3. The number of Topliss-reactive ketones (excluding diaryl/α,β-unsaturated/α-hetero) is 1. The van der Waals surface area contributed by atoms with Gasteiger partial charge in [-0.25, -0.2) is 4.39 Å². The highest BCUT2D eigenvalue weighted by Gasteiger charge is 2.31. The van der Waals surface area contributed by atoms with Gasteiger partial charge >= 0.3 is 11.9 Å². The molecule has 1 unspecified atom stereocenters. The lowest BCUT2D eigenvalue weighted by Gasteiger charge is -2.14. The monoisotopic (exact) mass is 296 g/mol. The predicted molar refractivity (Wildman–Crippen MR) is 72.1 cm³/mol. The van der Waals surface area contributed by atoms with Crippen LogP contribution >= 0.6 is 0 Å². The number of ketones is 1. The first-order valence-electron chi connectivity index (χ1n) is 6.61. The molecule has 1 atom stereocenters. The topological polar surface area (TPSA) is 69.7 Å². The zero-order chi connectivity index (χ0) is 15.8. The molecule has 0 radical (unpaired) electrons. The Labute approximate surface area is 122 Å². The maximum atomic E-state index is 12.9. The van der Waals surface area contributed by atoms with Gasteiger partial charge in [-0.2, -0.15) is 0 Å². The Morgan fingerprint density at radius 3 is 2.14 bits per heavy atom. The van der Waals surface area contributed by atoms with Gasteiger partial charge in [0.15, 0.2) is 5.78 Å². The highest BCUT2D eigenvalue weighted by molar-refractivity contribution is 6.10. The molecule has 1 rings (SSSR count). The molecule has 0 bridgehead atoms. The molecule has 0 spiro atoms. The fourth-order valence-corrected chi connectivity index (χ4v) is 1.73. The summed E-state index contributed by atoms with van der Waals surface area (Å²) in [6, 6.07) is 4.74. The van der Waals surface area contributed by atoms with E-state index >= 15 is 0 Å². The Kier molecular flexibility index (Phi) is 6.52. The molecule has 114 valence electrons. The molecule has 0 fully saturated rings. The summed E-state index contributed by atoms with van der Waals surface area (Å²) in [7, 11) is 0. The summed E-state index contributed by atoms with van der Waals surface area (Å²) in [4.78, 5) is 35.6. The van der Waals surface area contributed by atoms with Crippen LogP contribution in [0, 0.1) is 11.7 Å². The van der Waals surface area contributed by atoms with Crippen molar-refractivity contribution in [3.8, 4) is 0 Å². The summed E-state index contributed by atoms with van der Waals surface area (Å²) in [5.74, 6) is -3.83. The van der Waals surface area contributed by atoms with Crippen molar-refractivity contribution < 1.29 is 28.2 Å². The van der Waals surface area contributed by atoms with E-state index in [9.17, 15) is 18.8 Å².